The normalized spacial score (nSPS) is 12.9. The van der Waals surface area contributed by atoms with Crippen LogP contribution in [0.3, 0.4) is 0 Å². The predicted octanol–water partition coefficient (Wildman–Crippen LogP) is 2.19. The maximum Gasteiger partial charge on any atom is 0.0591 e. The molecule has 0 radical (unpaired) electrons. The highest BCUT2D eigenvalue weighted by Crippen LogP contribution is 2.13. The van der Waals surface area contributed by atoms with E-state index in [1.807, 2.05) is 13.1 Å². The van der Waals surface area contributed by atoms with Crippen LogP contribution in [0.4, 0.5) is 0 Å². The Kier molecular flexibility index (Phi) is 6.11. The minimum Gasteiger partial charge on any atom is -0.380 e. The molecule has 0 aliphatic carbocycles. The van der Waals surface area contributed by atoms with E-state index < -0.39 is 0 Å². The number of unbranched alkanes of at least 4 members (excludes halogenated alkanes) is 1. The molecule has 4 heteroatoms. The van der Waals surface area contributed by atoms with E-state index in [9.17, 15) is 0 Å². The van der Waals surface area contributed by atoms with Gasteiger partial charge in [-0.1, -0.05) is 13.3 Å². The molecule has 16 heavy (non-hydrogen) atoms. The molecule has 0 spiro atoms. The summed E-state index contributed by atoms with van der Waals surface area (Å²) in [6.07, 6.45) is 4.22. The second kappa shape index (κ2) is 7.41. The largest absolute Gasteiger partial charge is 0.380 e. The Hall–Kier alpha value is -0.870. The van der Waals surface area contributed by atoms with Gasteiger partial charge in [0.05, 0.1) is 12.8 Å². The Morgan fingerprint density at radius 2 is 2.31 bits per heavy atom. The van der Waals surface area contributed by atoms with E-state index in [0.29, 0.717) is 6.04 Å². The molecule has 2 N–H and O–H groups in total. The zero-order chi connectivity index (χ0) is 11.8. The minimum atomic E-state index is 0.327. The van der Waals surface area contributed by atoms with Crippen LogP contribution in [-0.2, 0) is 4.74 Å². The molecule has 4 nitrogen and oxygen atoms in total. The molecule has 1 atom stereocenters. The van der Waals surface area contributed by atoms with E-state index in [4.69, 9.17) is 4.74 Å². The number of H-pyrrole nitrogens is 1. The van der Waals surface area contributed by atoms with Crippen LogP contribution in [0.25, 0.3) is 0 Å². The first kappa shape index (κ1) is 13.2. The summed E-state index contributed by atoms with van der Waals surface area (Å²) in [7, 11) is 0. The number of aromatic nitrogens is 2. The van der Waals surface area contributed by atoms with E-state index in [2.05, 4.69) is 29.4 Å². The monoisotopic (exact) mass is 225 g/mol. The third-order valence-corrected chi connectivity index (χ3v) is 2.67. The Morgan fingerprint density at radius 1 is 1.50 bits per heavy atom. The summed E-state index contributed by atoms with van der Waals surface area (Å²) in [4.78, 5) is 0. The highest BCUT2D eigenvalue weighted by Gasteiger charge is 2.08. The fourth-order valence-corrected chi connectivity index (χ4v) is 1.60. The number of hydrogen-bond acceptors (Lipinski definition) is 3. The standard InChI is InChI=1S/C12H23N3O/c1-4-5-7-16-8-6-13-10(2)12-9-14-15-11(12)3/h9-10,13H,4-8H2,1-3H3,(H,14,15). The number of aryl methyl sites for hydroxylation is 1. The van der Waals surface area contributed by atoms with Crippen LogP contribution in [0, 0.1) is 6.92 Å². The number of nitrogens with zero attached hydrogens (tertiary/aromatic N) is 1. The van der Waals surface area contributed by atoms with Gasteiger partial charge in [0.15, 0.2) is 0 Å². The topological polar surface area (TPSA) is 49.9 Å². The van der Waals surface area contributed by atoms with E-state index in [0.717, 1.165) is 31.9 Å². The van der Waals surface area contributed by atoms with E-state index in [-0.39, 0.29) is 0 Å². The maximum atomic E-state index is 5.49. The van der Waals surface area contributed by atoms with E-state index >= 15 is 0 Å². The van der Waals surface area contributed by atoms with Crippen LogP contribution >= 0.6 is 0 Å². The summed E-state index contributed by atoms with van der Waals surface area (Å²) in [6, 6.07) is 0.327. The number of rotatable bonds is 8. The van der Waals surface area contributed by atoms with E-state index in [1.54, 1.807) is 0 Å². The molecule has 0 bridgehead atoms. The molecule has 1 aromatic heterocycles. The molecular weight excluding hydrogens is 202 g/mol. The van der Waals surface area contributed by atoms with Gasteiger partial charge in [0.25, 0.3) is 0 Å². The molecule has 0 saturated heterocycles. The third kappa shape index (κ3) is 4.33. The molecule has 0 aliphatic rings. The summed E-state index contributed by atoms with van der Waals surface area (Å²) in [5.74, 6) is 0. The molecular formula is C12H23N3O. The second-order valence-electron chi connectivity index (χ2n) is 4.09. The number of aromatic amines is 1. The first-order valence-corrected chi connectivity index (χ1v) is 6.06. The zero-order valence-corrected chi connectivity index (χ0v) is 10.5. The number of nitrogens with one attached hydrogen (secondary N) is 2. The summed E-state index contributed by atoms with van der Waals surface area (Å²) < 4.78 is 5.49. The third-order valence-electron chi connectivity index (χ3n) is 2.67. The first-order chi connectivity index (χ1) is 7.75. The molecule has 0 aromatic carbocycles. The smallest absolute Gasteiger partial charge is 0.0591 e. The zero-order valence-electron chi connectivity index (χ0n) is 10.5. The lowest BCUT2D eigenvalue weighted by atomic mass is 10.1. The highest BCUT2D eigenvalue weighted by molar-refractivity contribution is 5.18. The molecule has 1 aromatic rings. The van der Waals surface area contributed by atoms with Gasteiger partial charge in [0.2, 0.25) is 0 Å². The van der Waals surface area contributed by atoms with Crippen molar-refractivity contribution in [2.75, 3.05) is 19.8 Å². The Bertz CT molecular complexity index is 286. The lowest BCUT2D eigenvalue weighted by Gasteiger charge is -2.13. The van der Waals surface area contributed by atoms with Crippen molar-refractivity contribution in [1.29, 1.82) is 0 Å². The average molecular weight is 225 g/mol. The highest BCUT2D eigenvalue weighted by atomic mass is 16.5. The van der Waals surface area contributed by atoms with Crippen molar-refractivity contribution in [2.24, 2.45) is 0 Å². The van der Waals surface area contributed by atoms with Crippen LogP contribution in [0.5, 0.6) is 0 Å². The lowest BCUT2D eigenvalue weighted by molar-refractivity contribution is 0.131. The van der Waals surface area contributed by atoms with Gasteiger partial charge >= 0.3 is 0 Å². The van der Waals surface area contributed by atoms with Gasteiger partial charge in [-0.3, -0.25) is 5.10 Å². The molecule has 1 unspecified atom stereocenters. The van der Waals surface area contributed by atoms with Crippen molar-refractivity contribution < 1.29 is 4.74 Å². The van der Waals surface area contributed by atoms with Crippen LogP contribution < -0.4 is 5.32 Å². The first-order valence-electron chi connectivity index (χ1n) is 6.06. The number of ether oxygens (including phenoxy) is 1. The van der Waals surface area contributed by atoms with Crippen molar-refractivity contribution in [3.05, 3.63) is 17.5 Å². The van der Waals surface area contributed by atoms with Crippen molar-refractivity contribution >= 4 is 0 Å². The van der Waals surface area contributed by atoms with Crippen molar-refractivity contribution in [3.8, 4) is 0 Å². The van der Waals surface area contributed by atoms with Gasteiger partial charge in [-0.05, 0) is 20.3 Å². The van der Waals surface area contributed by atoms with E-state index in [1.165, 1.54) is 12.0 Å². The molecule has 1 rings (SSSR count). The van der Waals surface area contributed by atoms with Crippen molar-refractivity contribution in [2.45, 2.75) is 39.7 Å². The summed E-state index contributed by atoms with van der Waals surface area (Å²) in [5, 5.41) is 10.4. The molecule has 0 saturated carbocycles. The Morgan fingerprint density at radius 3 is 2.94 bits per heavy atom. The van der Waals surface area contributed by atoms with Crippen molar-refractivity contribution in [3.63, 3.8) is 0 Å². The van der Waals surface area contributed by atoms with Gasteiger partial charge in [-0.25, -0.2) is 0 Å². The maximum absolute atomic E-state index is 5.49. The minimum absolute atomic E-state index is 0.327. The fourth-order valence-electron chi connectivity index (χ4n) is 1.60. The van der Waals surface area contributed by atoms with Gasteiger partial charge in [-0.15, -0.1) is 0 Å². The van der Waals surface area contributed by atoms with Crippen LogP contribution in [-0.4, -0.2) is 30.0 Å². The average Bonchev–Trinajstić information content (AvgIpc) is 2.69. The summed E-state index contributed by atoms with van der Waals surface area (Å²) >= 11 is 0. The lowest BCUT2D eigenvalue weighted by Crippen LogP contribution is -2.23. The van der Waals surface area contributed by atoms with Gasteiger partial charge in [0.1, 0.15) is 0 Å². The number of hydrogen-bond donors (Lipinski definition) is 2. The molecule has 0 aliphatic heterocycles. The second-order valence-corrected chi connectivity index (χ2v) is 4.09. The molecule has 1 heterocycles. The molecule has 0 amide bonds. The van der Waals surface area contributed by atoms with Gasteiger partial charge < -0.3 is 10.1 Å². The Labute approximate surface area is 97.8 Å². The molecule has 92 valence electrons. The molecule has 0 fully saturated rings. The Balaban J connectivity index is 2.11. The summed E-state index contributed by atoms with van der Waals surface area (Å²) in [5.41, 5.74) is 2.36. The van der Waals surface area contributed by atoms with Crippen LogP contribution in [0.1, 0.15) is 44.0 Å². The summed E-state index contributed by atoms with van der Waals surface area (Å²) in [6.45, 7) is 8.89. The fraction of sp³-hybridized carbons (Fsp3) is 0.750. The van der Waals surface area contributed by atoms with Crippen molar-refractivity contribution in [1.82, 2.24) is 15.5 Å². The van der Waals surface area contributed by atoms with Gasteiger partial charge in [-0.2, -0.15) is 5.10 Å². The van der Waals surface area contributed by atoms with Crippen LogP contribution in [0.15, 0.2) is 6.20 Å². The van der Waals surface area contributed by atoms with Crippen LogP contribution in [0.2, 0.25) is 0 Å². The quantitative estimate of drug-likeness (QED) is 0.667. The predicted molar refractivity (Wildman–Crippen MR) is 65.5 cm³/mol. The van der Waals surface area contributed by atoms with Gasteiger partial charge in [0, 0.05) is 30.5 Å². The SMILES string of the molecule is CCCCOCCNC(C)c1cn[nH]c1C.